The lowest BCUT2D eigenvalue weighted by Gasteiger charge is -2.13. The largest absolute Gasteiger partial charge is 0.465 e. The Kier molecular flexibility index (Phi) is 7.71. The van der Waals surface area contributed by atoms with Crippen molar-refractivity contribution in [2.24, 2.45) is 0 Å². The van der Waals surface area contributed by atoms with Gasteiger partial charge in [0.1, 0.15) is 5.00 Å². The number of ketones is 1. The minimum atomic E-state index is -0.603. The number of Topliss-reactive ketones (excluding diaryl/α,β-unsaturated/α-hetero) is 1. The summed E-state index contributed by atoms with van der Waals surface area (Å²) >= 11 is 1.03. The van der Waals surface area contributed by atoms with Crippen LogP contribution < -0.4 is 10.6 Å². The average molecular weight is 432 g/mol. The number of amides is 1. The maximum atomic E-state index is 12.5. The van der Waals surface area contributed by atoms with E-state index in [-0.39, 0.29) is 29.5 Å². The highest BCUT2D eigenvalue weighted by molar-refractivity contribution is 7.18. The Bertz CT molecular complexity index is 996. The molecule has 0 spiro atoms. The minimum Gasteiger partial charge on any atom is -0.465 e. The summed E-state index contributed by atoms with van der Waals surface area (Å²) in [6, 6.07) is 5.18. The highest BCUT2D eigenvalue weighted by atomic mass is 32.1. The highest BCUT2D eigenvalue weighted by Crippen LogP contribution is 2.34. The van der Waals surface area contributed by atoms with Gasteiger partial charge in [-0.05, 0) is 44.9 Å². The predicted molar refractivity (Wildman–Crippen MR) is 115 cm³/mol. The molecule has 1 aromatic carbocycles. The molecule has 0 radical (unpaired) electrons. The third-order valence-electron chi connectivity index (χ3n) is 4.30. The molecule has 0 aliphatic heterocycles. The number of nitrogens with one attached hydrogen (secondary N) is 2. The molecular weight excluding hydrogens is 408 g/mol. The number of thiophene rings is 1. The molecule has 2 aromatic rings. The lowest BCUT2D eigenvalue weighted by molar-refractivity contribution is -0.114. The fourth-order valence-electron chi connectivity index (χ4n) is 2.92. The van der Waals surface area contributed by atoms with E-state index in [2.05, 4.69) is 10.6 Å². The molecule has 0 fully saturated rings. The number of aryl methyl sites for hydroxylation is 1. The summed E-state index contributed by atoms with van der Waals surface area (Å²) in [5.74, 6) is -1.77. The van der Waals surface area contributed by atoms with Crippen molar-refractivity contribution in [1.29, 1.82) is 0 Å². The second-order valence-electron chi connectivity index (χ2n) is 6.43. The van der Waals surface area contributed by atoms with Gasteiger partial charge in [0.15, 0.2) is 5.78 Å². The summed E-state index contributed by atoms with van der Waals surface area (Å²) < 4.78 is 9.86. The highest BCUT2D eigenvalue weighted by Gasteiger charge is 2.25. The molecule has 1 amide bonds. The molecule has 1 heterocycles. The Morgan fingerprint density at radius 1 is 1.07 bits per heavy atom. The van der Waals surface area contributed by atoms with Crippen molar-refractivity contribution in [3.63, 3.8) is 0 Å². The Morgan fingerprint density at radius 3 is 2.37 bits per heavy atom. The van der Waals surface area contributed by atoms with Crippen molar-refractivity contribution < 1.29 is 28.7 Å². The summed E-state index contributed by atoms with van der Waals surface area (Å²) in [4.78, 5) is 49.1. The average Bonchev–Trinajstić information content (AvgIpc) is 3.02. The number of ether oxygens (including phenoxy) is 2. The van der Waals surface area contributed by atoms with Crippen LogP contribution in [0.1, 0.15) is 55.4 Å². The van der Waals surface area contributed by atoms with Gasteiger partial charge in [-0.25, -0.2) is 9.59 Å². The summed E-state index contributed by atoms with van der Waals surface area (Å²) in [6.45, 7) is 6.48. The number of methoxy groups -OCH3 is 1. The number of anilines is 2. The quantitative estimate of drug-likeness (QED) is 0.484. The van der Waals surface area contributed by atoms with Gasteiger partial charge in [0.05, 0.1) is 36.3 Å². The van der Waals surface area contributed by atoms with Crippen LogP contribution in [-0.4, -0.2) is 43.9 Å². The van der Waals surface area contributed by atoms with E-state index >= 15 is 0 Å². The van der Waals surface area contributed by atoms with E-state index in [0.717, 1.165) is 11.3 Å². The van der Waals surface area contributed by atoms with E-state index in [1.807, 2.05) is 0 Å². The molecule has 0 aliphatic carbocycles. The number of rotatable bonds is 8. The zero-order valence-corrected chi connectivity index (χ0v) is 18.3. The Labute approximate surface area is 178 Å². The van der Waals surface area contributed by atoms with Crippen LogP contribution in [0.4, 0.5) is 10.7 Å². The fraction of sp³-hybridized carbons (Fsp3) is 0.333. The molecule has 0 atom stereocenters. The zero-order chi connectivity index (χ0) is 22.4. The number of carbonyl (C=O) groups is 4. The van der Waals surface area contributed by atoms with Gasteiger partial charge >= 0.3 is 11.9 Å². The first-order chi connectivity index (χ1) is 14.2. The van der Waals surface area contributed by atoms with E-state index in [9.17, 15) is 19.2 Å². The normalized spacial score (nSPS) is 10.3. The lowest BCUT2D eigenvalue weighted by Crippen LogP contribution is -2.23. The van der Waals surface area contributed by atoms with Crippen molar-refractivity contribution in [1.82, 2.24) is 0 Å². The van der Waals surface area contributed by atoms with E-state index in [1.165, 1.54) is 14.0 Å². The number of carbonyl (C=O) groups excluding carboxylic acids is 4. The Morgan fingerprint density at radius 2 is 1.77 bits per heavy atom. The second kappa shape index (κ2) is 10.0. The second-order valence-corrected chi connectivity index (χ2v) is 7.45. The molecule has 2 rings (SSSR count). The van der Waals surface area contributed by atoms with Gasteiger partial charge in [-0.3, -0.25) is 9.59 Å². The molecule has 0 saturated heterocycles. The molecule has 8 nitrogen and oxygen atoms in total. The summed E-state index contributed by atoms with van der Waals surface area (Å²) in [5, 5.41) is 5.83. The van der Waals surface area contributed by atoms with Crippen LogP contribution in [0.2, 0.25) is 0 Å². The van der Waals surface area contributed by atoms with Crippen LogP contribution in [0.3, 0.4) is 0 Å². The van der Waals surface area contributed by atoms with E-state index in [4.69, 9.17) is 9.47 Å². The van der Waals surface area contributed by atoms with Gasteiger partial charge < -0.3 is 20.1 Å². The third kappa shape index (κ3) is 5.04. The molecule has 160 valence electrons. The minimum absolute atomic E-state index is 0.165. The first kappa shape index (κ1) is 23.1. The van der Waals surface area contributed by atoms with Crippen molar-refractivity contribution in [3.8, 4) is 0 Å². The number of benzene rings is 1. The molecule has 0 bridgehead atoms. The number of esters is 2. The maximum absolute atomic E-state index is 12.5. The van der Waals surface area contributed by atoms with E-state index < -0.39 is 17.8 Å². The Balaban J connectivity index is 2.23. The van der Waals surface area contributed by atoms with Crippen LogP contribution in [0, 0.1) is 13.8 Å². The van der Waals surface area contributed by atoms with Crippen molar-refractivity contribution in [2.45, 2.75) is 27.7 Å². The molecule has 0 unspecified atom stereocenters. The van der Waals surface area contributed by atoms with E-state index in [0.29, 0.717) is 27.3 Å². The third-order valence-corrected chi connectivity index (χ3v) is 5.61. The van der Waals surface area contributed by atoms with Gasteiger partial charge in [-0.1, -0.05) is 12.1 Å². The monoisotopic (exact) mass is 432 g/mol. The summed E-state index contributed by atoms with van der Waals surface area (Å²) in [7, 11) is 1.29. The molecule has 30 heavy (non-hydrogen) atoms. The van der Waals surface area contributed by atoms with Gasteiger partial charge in [0.25, 0.3) is 0 Å². The fourth-order valence-corrected chi connectivity index (χ4v) is 4.03. The van der Waals surface area contributed by atoms with Gasteiger partial charge in [0.2, 0.25) is 5.91 Å². The summed E-state index contributed by atoms with van der Waals surface area (Å²) in [6.07, 6.45) is 0. The molecule has 0 saturated carbocycles. The first-order valence-electron chi connectivity index (χ1n) is 9.24. The van der Waals surface area contributed by atoms with E-state index in [1.54, 1.807) is 39.0 Å². The maximum Gasteiger partial charge on any atom is 0.341 e. The SMILES string of the molecule is CCOC(=O)c1c(NC(=O)CNc2cccc(C)c2C(=O)OC)sc(C(C)=O)c1C. The van der Waals surface area contributed by atoms with Crippen molar-refractivity contribution in [3.05, 3.63) is 45.3 Å². The van der Waals surface area contributed by atoms with Crippen molar-refractivity contribution in [2.75, 3.05) is 30.9 Å². The van der Waals surface area contributed by atoms with Crippen LogP contribution in [0.25, 0.3) is 0 Å². The van der Waals surface area contributed by atoms with Crippen LogP contribution in [0.5, 0.6) is 0 Å². The summed E-state index contributed by atoms with van der Waals surface area (Å²) in [5.41, 5.74) is 2.14. The molecular formula is C21H24N2O6S. The van der Waals surface area contributed by atoms with Crippen molar-refractivity contribution >= 4 is 45.7 Å². The topological polar surface area (TPSA) is 111 Å². The van der Waals surface area contributed by atoms with Gasteiger partial charge in [0, 0.05) is 5.69 Å². The van der Waals surface area contributed by atoms with Gasteiger partial charge in [-0.2, -0.15) is 0 Å². The van der Waals surface area contributed by atoms with Crippen LogP contribution in [-0.2, 0) is 14.3 Å². The molecule has 2 N–H and O–H groups in total. The molecule has 1 aromatic heterocycles. The Hall–Kier alpha value is -3.20. The van der Waals surface area contributed by atoms with Crippen LogP contribution >= 0.6 is 11.3 Å². The standard InChI is InChI=1S/C21H24N2O6S/c1-6-29-21(27)17-12(3)18(13(4)24)30-19(17)23-15(25)10-22-14-9-7-8-11(2)16(14)20(26)28-5/h7-9,22H,6,10H2,1-5H3,(H,23,25). The number of hydrogen-bond donors (Lipinski definition) is 2. The smallest absolute Gasteiger partial charge is 0.341 e. The first-order valence-corrected chi connectivity index (χ1v) is 10.1. The zero-order valence-electron chi connectivity index (χ0n) is 17.5. The predicted octanol–water partition coefficient (Wildman–Crippen LogP) is 3.58. The van der Waals surface area contributed by atoms with Crippen LogP contribution in [0.15, 0.2) is 18.2 Å². The molecule has 9 heteroatoms. The van der Waals surface area contributed by atoms with Gasteiger partial charge in [-0.15, -0.1) is 11.3 Å². The lowest BCUT2D eigenvalue weighted by atomic mass is 10.1. The number of hydrogen-bond acceptors (Lipinski definition) is 8. The molecule has 0 aliphatic rings.